The number of fused-ring (bicyclic) bond motifs is 2. The molecular weight excluding hydrogens is 306 g/mol. The zero-order chi connectivity index (χ0) is 16.5. The van der Waals surface area contributed by atoms with Gasteiger partial charge in [0.15, 0.2) is 0 Å². The summed E-state index contributed by atoms with van der Waals surface area (Å²) < 4.78 is 3.75. The lowest BCUT2D eigenvalue weighted by atomic mass is 10.2. The van der Waals surface area contributed by atoms with Crippen molar-refractivity contribution in [2.24, 2.45) is 0 Å². The van der Waals surface area contributed by atoms with Crippen molar-refractivity contribution in [2.45, 2.75) is 32.5 Å². The summed E-state index contributed by atoms with van der Waals surface area (Å²) in [4.78, 5) is 18.9. The fourth-order valence-corrected chi connectivity index (χ4v) is 3.17. The van der Waals surface area contributed by atoms with Crippen LogP contribution in [0.4, 0.5) is 0 Å². The number of imidazole rings is 1. The first-order chi connectivity index (χ1) is 11.7. The average Bonchev–Trinajstić information content (AvgIpc) is 3.27. The van der Waals surface area contributed by atoms with Gasteiger partial charge in [0.05, 0.1) is 37.3 Å². The van der Waals surface area contributed by atoms with Crippen molar-refractivity contribution < 1.29 is 9.90 Å². The van der Waals surface area contributed by atoms with Crippen molar-refractivity contribution in [1.82, 2.24) is 24.1 Å². The number of carbonyl (C=O) groups is 1. The van der Waals surface area contributed by atoms with Crippen LogP contribution in [0.2, 0.25) is 0 Å². The van der Waals surface area contributed by atoms with Crippen molar-refractivity contribution in [2.75, 3.05) is 6.61 Å². The van der Waals surface area contributed by atoms with Crippen LogP contribution in [0.25, 0.3) is 5.65 Å². The van der Waals surface area contributed by atoms with Crippen LogP contribution in [0.1, 0.15) is 23.4 Å². The van der Waals surface area contributed by atoms with E-state index in [2.05, 4.69) is 10.1 Å². The SMILES string of the molecule is O=C(CCc1cn2ccccc2n1)N1Cc2cnn(CCO)c2C1. The fourth-order valence-electron chi connectivity index (χ4n) is 3.17. The van der Waals surface area contributed by atoms with Crippen molar-refractivity contribution in [3.8, 4) is 0 Å². The lowest BCUT2D eigenvalue weighted by Crippen LogP contribution is -2.26. The standard InChI is InChI=1S/C17H19N5O2/c23-8-7-22-15-12-21(10-13(15)9-18-22)17(24)5-4-14-11-20-6-2-1-3-16(20)19-14/h1-3,6,9,11,23H,4-5,7-8,10,12H2. The Balaban J connectivity index is 1.38. The molecule has 0 aliphatic carbocycles. The molecule has 0 atom stereocenters. The number of amides is 1. The van der Waals surface area contributed by atoms with Crippen LogP contribution < -0.4 is 0 Å². The Morgan fingerprint density at radius 3 is 3.04 bits per heavy atom. The molecule has 1 aliphatic heterocycles. The maximum Gasteiger partial charge on any atom is 0.223 e. The third-order valence-electron chi connectivity index (χ3n) is 4.41. The summed E-state index contributed by atoms with van der Waals surface area (Å²) in [7, 11) is 0. The lowest BCUT2D eigenvalue weighted by Gasteiger charge is -2.15. The number of hydrogen-bond donors (Lipinski definition) is 1. The number of hydrogen-bond acceptors (Lipinski definition) is 4. The summed E-state index contributed by atoms with van der Waals surface area (Å²) >= 11 is 0. The van der Waals surface area contributed by atoms with Gasteiger partial charge < -0.3 is 14.4 Å². The Morgan fingerprint density at radius 1 is 1.29 bits per heavy atom. The van der Waals surface area contributed by atoms with Crippen LogP contribution >= 0.6 is 0 Å². The highest BCUT2D eigenvalue weighted by molar-refractivity contribution is 5.77. The van der Waals surface area contributed by atoms with E-state index in [1.807, 2.05) is 39.9 Å². The van der Waals surface area contributed by atoms with E-state index >= 15 is 0 Å². The minimum absolute atomic E-state index is 0.0515. The molecule has 4 heterocycles. The molecule has 0 saturated carbocycles. The molecule has 1 aliphatic rings. The summed E-state index contributed by atoms with van der Waals surface area (Å²) in [5.74, 6) is 0.124. The third kappa shape index (κ3) is 2.67. The second-order valence-electron chi connectivity index (χ2n) is 6.01. The van der Waals surface area contributed by atoms with Crippen molar-refractivity contribution in [1.29, 1.82) is 0 Å². The first-order valence-corrected chi connectivity index (χ1v) is 8.09. The van der Waals surface area contributed by atoms with Crippen LogP contribution in [0.5, 0.6) is 0 Å². The molecule has 7 heteroatoms. The molecular formula is C17H19N5O2. The van der Waals surface area contributed by atoms with Gasteiger partial charge in [-0.15, -0.1) is 0 Å². The summed E-state index contributed by atoms with van der Waals surface area (Å²) in [6.07, 6.45) is 6.80. The molecule has 24 heavy (non-hydrogen) atoms. The highest BCUT2D eigenvalue weighted by Gasteiger charge is 2.26. The van der Waals surface area contributed by atoms with Gasteiger partial charge in [-0.25, -0.2) is 4.98 Å². The maximum atomic E-state index is 12.5. The molecule has 124 valence electrons. The number of aryl methyl sites for hydroxylation is 1. The van der Waals surface area contributed by atoms with Gasteiger partial charge in [-0.05, 0) is 18.6 Å². The van der Waals surface area contributed by atoms with Crippen LogP contribution in [0.15, 0.2) is 36.8 Å². The Hall–Kier alpha value is -2.67. The van der Waals surface area contributed by atoms with Gasteiger partial charge in [-0.1, -0.05) is 6.07 Å². The molecule has 0 unspecified atom stereocenters. The minimum Gasteiger partial charge on any atom is -0.394 e. The number of aliphatic hydroxyl groups is 1. The smallest absolute Gasteiger partial charge is 0.223 e. The van der Waals surface area contributed by atoms with Crippen LogP contribution in [-0.2, 0) is 30.8 Å². The van der Waals surface area contributed by atoms with E-state index in [0.29, 0.717) is 32.5 Å². The molecule has 3 aromatic heterocycles. The Kier molecular flexibility index (Phi) is 3.78. The average molecular weight is 325 g/mol. The molecule has 3 aromatic rings. The van der Waals surface area contributed by atoms with Crippen LogP contribution in [-0.4, -0.2) is 41.7 Å². The zero-order valence-electron chi connectivity index (χ0n) is 13.3. The summed E-state index contributed by atoms with van der Waals surface area (Å²) in [6, 6.07) is 5.87. The second kappa shape index (κ2) is 6.09. The molecule has 0 aromatic carbocycles. The molecule has 0 radical (unpaired) electrons. The number of aromatic nitrogens is 4. The first kappa shape index (κ1) is 14.9. The van der Waals surface area contributed by atoms with E-state index in [4.69, 9.17) is 5.11 Å². The van der Waals surface area contributed by atoms with Gasteiger partial charge in [0.1, 0.15) is 5.65 Å². The van der Waals surface area contributed by atoms with E-state index < -0.39 is 0 Å². The quantitative estimate of drug-likeness (QED) is 0.759. The zero-order valence-corrected chi connectivity index (χ0v) is 13.3. The van der Waals surface area contributed by atoms with Crippen molar-refractivity contribution in [3.05, 3.63) is 53.7 Å². The predicted molar refractivity (Wildman–Crippen MR) is 87.1 cm³/mol. The number of rotatable bonds is 5. The lowest BCUT2D eigenvalue weighted by molar-refractivity contribution is -0.131. The highest BCUT2D eigenvalue weighted by atomic mass is 16.3. The molecule has 0 fully saturated rings. The number of aliphatic hydroxyl groups excluding tert-OH is 1. The summed E-state index contributed by atoms with van der Waals surface area (Å²) in [6.45, 7) is 1.69. The van der Waals surface area contributed by atoms with E-state index in [9.17, 15) is 4.79 Å². The Labute approximate surface area is 139 Å². The number of nitrogens with zero attached hydrogens (tertiary/aromatic N) is 5. The van der Waals surface area contributed by atoms with Crippen molar-refractivity contribution in [3.63, 3.8) is 0 Å². The number of pyridine rings is 1. The molecule has 0 bridgehead atoms. The summed E-state index contributed by atoms with van der Waals surface area (Å²) in [5, 5.41) is 13.3. The molecule has 4 rings (SSSR count). The van der Waals surface area contributed by atoms with E-state index in [1.54, 1.807) is 10.9 Å². The van der Waals surface area contributed by atoms with Crippen LogP contribution in [0.3, 0.4) is 0 Å². The topological polar surface area (TPSA) is 75.7 Å². The number of carbonyl (C=O) groups excluding carboxylic acids is 1. The predicted octanol–water partition coefficient (Wildman–Crippen LogP) is 0.998. The second-order valence-corrected chi connectivity index (χ2v) is 6.01. The van der Waals surface area contributed by atoms with Gasteiger partial charge in [0, 0.05) is 30.9 Å². The monoisotopic (exact) mass is 325 g/mol. The third-order valence-corrected chi connectivity index (χ3v) is 4.41. The normalized spacial score (nSPS) is 13.6. The van der Waals surface area contributed by atoms with Crippen molar-refractivity contribution >= 4 is 11.6 Å². The minimum atomic E-state index is 0.0515. The molecule has 1 amide bonds. The van der Waals surface area contributed by atoms with Gasteiger partial charge in [-0.3, -0.25) is 9.48 Å². The largest absolute Gasteiger partial charge is 0.394 e. The van der Waals surface area contributed by atoms with E-state index in [0.717, 1.165) is 22.6 Å². The van der Waals surface area contributed by atoms with E-state index in [1.165, 1.54) is 0 Å². The molecule has 7 nitrogen and oxygen atoms in total. The van der Waals surface area contributed by atoms with E-state index in [-0.39, 0.29) is 12.5 Å². The van der Waals surface area contributed by atoms with Crippen LogP contribution in [0, 0.1) is 0 Å². The summed E-state index contributed by atoms with van der Waals surface area (Å²) in [5.41, 5.74) is 3.94. The fraction of sp³-hybridized carbons (Fsp3) is 0.353. The highest BCUT2D eigenvalue weighted by Crippen LogP contribution is 2.23. The Bertz CT molecular complexity index is 849. The molecule has 1 N–H and O–H groups in total. The first-order valence-electron chi connectivity index (χ1n) is 8.09. The Morgan fingerprint density at radius 2 is 2.21 bits per heavy atom. The van der Waals surface area contributed by atoms with Gasteiger partial charge >= 0.3 is 0 Å². The van der Waals surface area contributed by atoms with Gasteiger partial charge in [0.2, 0.25) is 5.91 Å². The van der Waals surface area contributed by atoms with Gasteiger partial charge in [-0.2, -0.15) is 5.10 Å². The molecule has 0 spiro atoms. The maximum absolute atomic E-state index is 12.5. The van der Waals surface area contributed by atoms with Gasteiger partial charge in [0.25, 0.3) is 0 Å². The molecule has 0 saturated heterocycles.